The average molecular weight is 407 g/mol. The van der Waals surface area contributed by atoms with Crippen molar-refractivity contribution in [2.75, 3.05) is 45.5 Å². The zero-order valence-electron chi connectivity index (χ0n) is 16.6. The van der Waals surface area contributed by atoms with Crippen LogP contribution in [0.5, 0.6) is 0 Å². The van der Waals surface area contributed by atoms with Gasteiger partial charge in [-0.15, -0.1) is 0 Å². The minimum absolute atomic E-state index is 0.0227. The lowest BCUT2D eigenvalue weighted by Crippen LogP contribution is -2.48. The quantitative estimate of drug-likeness (QED) is 0.714. The molecule has 8 heteroatoms. The first-order valence-electron chi connectivity index (χ1n) is 9.44. The van der Waals surface area contributed by atoms with Gasteiger partial charge in [0, 0.05) is 32.7 Å². The Bertz CT molecular complexity index is 769. The van der Waals surface area contributed by atoms with E-state index in [9.17, 15) is 9.18 Å². The maximum Gasteiger partial charge on any atom is 0.256 e. The number of piperazine rings is 1. The van der Waals surface area contributed by atoms with Gasteiger partial charge in [-0.2, -0.15) is 0 Å². The summed E-state index contributed by atoms with van der Waals surface area (Å²) >= 11 is 1.29. The van der Waals surface area contributed by atoms with Crippen LogP contribution in [0, 0.1) is 19.7 Å². The molecular formula is C20H27FN4O2S. The highest BCUT2D eigenvalue weighted by Gasteiger charge is 2.24. The van der Waals surface area contributed by atoms with E-state index in [-0.39, 0.29) is 23.5 Å². The van der Waals surface area contributed by atoms with E-state index >= 15 is 0 Å². The summed E-state index contributed by atoms with van der Waals surface area (Å²) in [6.07, 6.45) is 0. The number of hydrogen-bond acceptors (Lipinski definition) is 6. The van der Waals surface area contributed by atoms with E-state index in [1.165, 1.54) is 23.9 Å². The molecule has 1 unspecified atom stereocenters. The van der Waals surface area contributed by atoms with Crippen molar-refractivity contribution in [3.05, 3.63) is 47.1 Å². The summed E-state index contributed by atoms with van der Waals surface area (Å²) in [5, 5.41) is 3.53. The number of rotatable bonds is 7. The molecule has 0 bridgehead atoms. The Morgan fingerprint density at radius 2 is 1.93 bits per heavy atom. The van der Waals surface area contributed by atoms with E-state index in [1.54, 1.807) is 12.1 Å². The van der Waals surface area contributed by atoms with Gasteiger partial charge in [0.2, 0.25) is 5.91 Å². The Labute approximate surface area is 169 Å². The zero-order chi connectivity index (χ0) is 20.1. The van der Waals surface area contributed by atoms with Crippen LogP contribution < -0.4 is 5.32 Å². The van der Waals surface area contributed by atoms with Crippen LogP contribution in [0.15, 0.2) is 33.9 Å². The van der Waals surface area contributed by atoms with Gasteiger partial charge in [0.25, 0.3) is 5.22 Å². The first-order chi connectivity index (χ1) is 13.4. The van der Waals surface area contributed by atoms with Gasteiger partial charge in [0.15, 0.2) is 0 Å². The second-order valence-corrected chi connectivity index (χ2v) is 8.05. The monoisotopic (exact) mass is 406 g/mol. The third-order valence-electron chi connectivity index (χ3n) is 5.06. The molecule has 0 spiro atoms. The minimum atomic E-state index is -0.252. The van der Waals surface area contributed by atoms with Crippen LogP contribution in [0.1, 0.15) is 23.1 Å². The van der Waals surface area contributed by atoms with E-state index < -0.39 is 0 Å². The summed E-state index contributed by atoms with van der Waals surface area (Å²) in [7, 11) is 2.11. The molecule has 1 aliphatic rings. The lowest BCUT2D eigenvalue weighted by Gasteiger charge is -2.38. The molecule has 1 aromatic heterocycles. The number of oxazole rings is 1. The molecule has 6 nitrogen and oxygen atoms in total. The molecule has 1 fully saturated rings. The number of likely N-dealkylation sites (N-methyl/N-ethyl adjacent to an activating group) is 1. The highest BCUT2D eigenvalue weighted by atomic mass is 32.2. The topological polar surface area (TPSA) is 61.6 Å². The predicted octanol–water partition coefficient (Wildman–Crippen LogP) is 2.63. The molecule has 1 saturated heterocycles. The number of benzene rings is 1. The second-order valence-electron chi connectivity index (χ2n) is 7.12. The molecule has 0 saturated carbocycles. The SMILES string of the molecule is Cc1nc(SCC(=O)NCC(c2ccc(F)cc2)N2CCN(C)CC2)oc1C. The van der Waals surface area contributed by atoms with Gasteiger partial charge < -0.3 is 14.6 Å². The molecule has 1 aromatic carbocycles. The van der Waals surface area contributed by atoms with Crippen LogP contribution in [-0.4, -0.2) is 66.2 Å². The largest absolute Gasteiger partial charge is 0.437 e. The summed E-state index contributed by atoms with van der Waals surface area (Å²) in [5.74, 6) is 0.699. The Kier molecular flexibility index (Phi) is 7.09. The van der Waals surface area contributed by atoms with Gasteiger partial charge >= 0.3 is 0 Å². The van der Waals surface area contributed by atoms with Gasteiger partial charge in [-0.3, -0.25) is 9.69 Å². The van der Waals surface area contributed by atoms with Crippen molar-refractivity contribution >= 4 is 17.7 Å². The van der Waals surface area contributed by atoms with Crippen LogP contribution in [0.4, 0.5) is 4.39 Å². The number of carbonyl (C=O) groups excluding carboxylic acids is 1. The molecule has 1 amide bonds. The Morgan fingerprint density at radius 1 is 1.25 bits per heavy atom. The Balaban J connectivity index is 1.58. The highest BCUT2D eigenvalue weighted by Crippen LogP contribution is 2.23. The van der Waals surface area contributed by atoms with Crippen LogP contribution in [0.3, 0.4) is 0 Å². The van der Waals surface area contributed by atoms with Crippen molar-refractivity contribution in [2.45, 2.75) is 25.1 Å². The van der Waals surface area contributed by atoms with Crippen molar-refractivity contribution in [3.63, 3.8) is 0 Å². The van der Waals surface area contributed by atoms with Gasteiger partial charge in [-0.25, -0.2) is 9.37 Å². The number of nitrogens with one attached hydrogen (secondary N) is 1. The van der Waals surface area contributed by atoms with Crippen LogP contribution in [0.2, 0.25) is 0 Å². The normalized spacial score (nSPS) is 16.9. The first kappa shape index (κ1) is 20.8. The summed E-state index contributed by atoms with van der Waals surface area (Å²) < 4.78 is 18.8. The molecule has 1 atom stereocenters. The number of aryl methyl sites for hydroxylation is 2. The molecule has 0 aliphatic carbocycles. The Hall–Kier alpha value is -1.90. The summed E-state index contributed by atoms with van der Waals surface area (Å²) in [6.45, 7) is 8.01. The minimum Gasteiger partial charge on any atom is -0.437 e. The molecule has 152 valence electrons. The maximum absolute atomic E-state index is 13.3. The predicted molar refractivity (Wildman–Crippen MR) is 108 cm³/mol. The van der Waals surface area contributed by atoms with Gasteiger partial charge in [0.1, 0.15) is 11.6 Å². The molecule has 1 aliphatic heterocycles. The van der Waals surface area contributed by atoms with E-state index in [0.717, 1.165) is 43.2 Å². The molecule has 2 aromatic rings. The van der Waals surface area contributed by atoms with Crippen molar-refractivity contribution in [1.29, 1.82) is 0 Å². The number of amides is 1. The van der Waals surface area contributed by atoms with E-state index in [4.69, 9.17) is 4.42 Å². The molecule has 1 N–H and O–H groups in total. The number of halogens is 1. The number of aromatic nitrogens is 1. The second kappa shape index (κ2) is 9.54. The van der Waals surface area contributed by atoms with Crippen molar-refractivity contribution in [2.24, 2.45) is 0 Å². The van der Waals surface area contributed by atoms with Crippen molar-refractivity contribution < 1.29 is 13.6 Å². The van der Waals surface area contributed by atoms with Gasteiger partial charge in [0.05, 0.1) is 17.5 Å². The third kappa shape index (κ3) is 5.56. The lowest BCUT2D eigenvalue weighted by atomic mass is 10.0. The third-order valence-corrected chi connectivity index (χ3v) is 5.89. The number of thioether (sulfide) groups is 1. The molecule has 3 rings (SSSR count). The molecule has 2 heterocycles. The van der Waals surface area contributed by atoms with Crippen molar-refractivity contribution in [1.82, 2.24) is 20.1 Å². The molecular weight excluding hydrogens is 379 g/mol. The number of carbonyl (C=O) groups is 1. The maximum atomic E-state index is 13.3. The summed E-state index contributed by atoms with van der Waals surface area (Å²) in [4.78, 5) is 21.3. The fourth-order valence-electron chi connectivity index (χ4n) is 3.17. The van der Waals surface area contributed by atoms with Crippen LogP contribution in [0.25, 0.3) is 0 Å². The molecule has 28 heavy (non-hydrogen) atoms. The first-order valence-corrected chi connectivity index (χ1v) is 10.4. The van der Waals surface area contributed by atoms with Crippen molar-refractivity contribution in [3.8, 4) is 0 Å². The molecule has 0 radical (unpaired) electrons. The van der Waals surface area contributed by atoms with E-state index in [1.807, 2.05) is 13.8 Å². The highest BCUT2D eigenvalue weighted by molar-refractivity contribution is 7.99. The fourth-order valence-corrected chi connectivity index (χ4v) is 3.91. The summed E-state index contributed by atoms with van der Waals surface area (Å²) in [5.41, 5.74) is 1.85. The standard InChI is InChI=1S/C20H27FN4O2S/c1-14-15(2)27-20(23-14)28-13-19(26)22-12-18(16-4-6-17(21)7-5-16)25-10-8-24(3)9-11-25/h4-7,18H,8-13H2,1-3H3,(H,22,26). The fraction of sp³-hybridized carbons (Fsp3) is 0.500. The average Bonchev–Trinajstić information content (AvgIpc) is 3.00. The number of hydrogen-bond donors (Lipinski definition) is 1. The van der Waals surface area contributed by atoms with Crippen LogP contribution in [-0.2, 0) is 4.79 Å². The Morgan fingerprint density at radius 3 is 2.54 bits per heavy atom. The van der Waals surface area contributed by atoms with Gasteiger partial charge in [-0.05, 0) is 38.6 Å². The number of nitrogens with zero attached hydrogens (tertiary/aromatic N) is 3. The van der Waals surface area contributed by atoms with E-state index in [2.05, 4.69) is 27.1 Å². The van der Waals surface area contributed by atoms with Crippen LogP contribution >= 0.6 is 11.8 Å². The van der Waals surface area contributed by atoms with Gasteiger partial charge in [-0.1, -0.05) is 23.9 Å². The van der Waals surface area contributed by atoms with E-state index in [0.29, 0.717) is 11.8 Å². The smallest absolute Gasteiger partial charge is 0.256 e. The zero-order valence-corrected chi connectivity index (χ0v) is 17.4. The lowest BCUT2D eigenvalue weighted by molar-refractivity contribution is -0.118. The summed E-state index contributed by atoms with van der Waals surface area (Å²) in [6, 6.07) is 6.58.